The Morgan fingerprint density at radius 2 is 1.84 bits per heavy atom. The number of aliphatic imine (C=N–C) groups is 1. The molecule has 2 aromatic carbocycles. The lowest BCUT2D eigenvalue weighted by atomic mass is 10.1. The van der Waals surface area contributed by atoms with E-state index >= 15 is 0 Å². The number of benzene rings is 2. The fourth-order valence-electron chi connectivity index (χ4n) is 3.81. The third-order valence-corrected chi connectivity index (χ3v) is 8.44. The fourth-order valence-corrected chi connectivity index (χ4v) is 7.74. The summed E-state index contributed by atoms with van der Waals surface area (Å²) in [6.45, 7) is 4.43. The number of hydrogen-bond acceptors (Lipinski definition) is 5. The Kier molecular flexibility index (Phi) is 6.39. The Labute approximate surface area is 187 Å². The van der Waals surface area contributed by atoms with Crippen molar-refractivity contribution in [2.45, 2.75) is 38.2 Å². The Morgan fingerprint density at radius 1 is 1.13 bits per heavy atom. The van der Waals surface area contributed by atoms with Crippen LogP contribution in [-0.2, 0) is 21.2 Å². The molecular weight excluding hydrogens is 432 g/mol. The van der Waals surface area contributed by atoms with Crippen LogP contribution in [0.2, 0.25) is 0 Å². The summed E-state index contributed by atoms with van der Waals surface area (Å²) in [5.41, 5.74) is 1.90. The summed E-state index contributed by atoms with van der Waals surface area (Å²) in [7, 11) is -3.09. The first kappa shape index (κ1) is 21.9. The van der Waals surface area contributed by atoms with Gasteiger partial charge in [-0.1, -0.05) is 55.9 Å². The van der Waals surface area contributed by atoms with Crippen LogP contribution < -0.4 is 9.64 Å². The lowest BCUT2D eigenvalue weighted by Crippen LogP contribution is -2.37. The van der Waals surface area contributed by atoms with Crippen LogP contribution in [0.5, 0.6) is 5.75 Å². The van der Waals surface area contributed by atoms with Gasteiger partial charge in [-0.2, -0.15) is 4.99 Å². The SMILES string of the molecule is CC(C)CC(=O)N=C1S[C@H]2CS(=O)(=O)C[C@H]2N1c1ccc(OCc2ccccc2)cc1. The molecule has 2 atom stereocenters. The van der Waals surface area contributed by atoms with Crippen molar-refractivity contribution in [1.29, 1.82) is 0 Å². The van der Waals surface area contributed by atoms with Gasteiger partial charge >= 0.3 is 0 Å². The van der Waals surface area contributed by atoms with Gasteiger partial charge < -0.3 is 9.64 Å². The second-order valence-corrected chi connectivity index (χ2v) is 11.7. The van der Waals surface area contributed by atoms with Crippen molar-refractivity contribution in [2.24, 2.45) is 10.9 Å². The quantitative estimate of drug-likeness (QED) is 0.653. The van der Waals surface area contributed by atoms with Gasteiger partial charge in [-0.15, -0.1) is 0 Å². The Morgan fingerprint density at radius 3 is 2.52 bits per heavy atom. The number of carbonyl (C=O) groups excluding carboxylic acids is 1. The highest BCUT2D eigenvalue weighted by Gasteiger charge is 2.49. The summed E-state index contributed by atoms with van der Waals surface area (Å²) in [5, 5.41) is 0.484. The van der Waals surface area contributed by atoms with Crippen LogP contribution in [-0.4, -0.2) is 42.3 Å². The van der Waals surface area contributed by atoms with E-state index in [1.54, 1.807) is 0 Å². The minimum Gasteiger partial charge on any atom is -0.489 e. The summed E-state index contributed by atoms with van der Waals surface area (Å²) >= 11 is 1.40. The highest BCUT2D eigenvalue weighted by Crippen LogP contribution is 2.41. The number of hydrogen-bond donors (Lipinski definition) is 0. The first-order valence-electron chi connectivity index (χ1n) is 10.4. The van der Waals surface area contributed by atoms with E-state index in [4.69, 9.17) is 4.74 Å². The summed E-state index contributed by atoms with van der Waals surface area (Å²) in [4.78, 5) is 18.6. The Bertz CT molecular complexity index is 1070. The van der Waals surface area contributed by atoms with Crippen molar-refractivity contribution in [2.75, 3.05) is 16.4 Å². The normalized spacial score (nSPS) is 23.3. The topological polar surface area (TPSA) is 76.0 Å². The molecular formula is C23H26N2O4S2. The van der Waals surface area contributed by atoms with E-state index in [1.807, 2.05) is 73.3 Å². The highest BCUT2D eigenvalue weighted by atomic mass is 32.2. The smallest absolute Gasteiger partial charge is 0.248 e. The molecule has 2 aliphatic rings. The van der Waals surface area contributed by atoms with E-state index in [0.717, 1.165) is 17.0 Å². The van der Waals surface area contributed by atoms with E-state index in [2.05, 4.69) is 4.99 Å². The van der Waals surface area contributed by atoms with Crippen molar-refractivity contribution in [1.82, 2.24) is 0 Å². The van der Waals surface area contributed by atoms with E-state index in [0.29, 0.717) is 18.2 Å². The number of nitrogens with zero attached hydrogens (tertiary/aromatic N) is 2. The van der Waals surface area contributed by atoms with Crippen molar-refractivity contribution >= 4 is 38.4 Å². The maximum Gasteiger partial charge on any atom is 0.248 e. The number of carbonyl (C=O) groups is 1. The molecule has 4 rings (SSSR count). The molecule has 2 aromatic rings. The van der Waals surface area contributed by atoms with Gasteiger partial charge in [-0.05, 0) is 35.7 Å². The summed E-state index contributed by atoms with van der Waals surface area (Å²) in [6.07, 6.45) is 0.373. The van der Waals surface area contributed by atoms with Crippen LogP contribution in [0, 0.1) is 5.92 Å². The minimum atomic E-state index is -3.09. The fraction of sp³-hybridized carbons (Fsp3) is 0.391. The number of rotatable bonds is 6. The molecule has 31 heavy (non-hydrogen) atoms. The van der Waals surface area contributed by atoms with Crippen LogP contribution in [0.4, 0.5) is 5.69 Å². The molecule has 2 heterocycles. The predicted molar refractivity (Wildman–Crippen MR) is 125 cm³/mol. The number of amidine groups is 1. The lowest BCUT2D eigenvalue weighted by molar-refractivity contribution is -0.118. The molecule has 2 fully saturated rings. The van der Waals surface area contributed by atoms with E-state index in [-0.39, 0.29) is 34.6 Å². The molecule has 6 nitrogen and oxygen atoms in total. The number of amides is 1. The molecule has 0 unspecified atom stereocenters. The largest absolute Gasteiger partial charge is 0.489 e. The molecule has 0 saturated carbocycles. The van der Waals surface area contributed by atoms with Crippen LogP contribution in [0.3, 0.4) is 0 Å². The highest BCUT2D eigenvalue weighted by molar-refractivity contribution is 8.16. The van der Waals surface area contributed by atoms with Gasteiger partial charge in [0.05, 0.1) is 17.5 Å². The van der Waals surface area contributed by atoms with Gasteiger partial charge in [0.15, 0.2) is 15.0 Å². The third-order valence-electron chi connectivity index (χ3n) is 5.23. The molecule has 1 amide bonds. The number of thioether (sulfide) groups is 1. The molecule has 0 radical (unpaired) electrons. The first-order chi connectivity index (χ1) is 14.8. The summed E-state index contributed by atoms with van der Waals surface area (Å²) in [5.74, 6) is 0.971. The minimum absolute atomic E-state index is 0.0777. The molecule has 0 N–H and O–H groups in total. The Balaban J connectivity index is 1.54. The monoisotopic (exact) mass is 458 g/mol. The van der Waals surface area contributed by atoms with E-state index in [9.17, 15) is 13.2 Å². The van der Waals surface area contributed by atoms with Crippen molar-refractivity contribution in [3.05, 3.63) is 60.2 Å². The van der Waals surface area contributed by atoms with Crippen molar-refractivity contribution < 1.29 is 17.9 Å². The summed E-state index contributed by atoms with van der Waals surface area (Å²) in [6, 6.07) is 17.3. The Hall–Kier alpha value is -2.32. The van der Waals surface area contributed by atoms with Crippen molar-refractivity contribution in [3.8, 4) is 5.75 Å². The zero-order chi connectivity index (χ0) is 22.0. The van der Waals surface area contributed by atoms with Crippen molar-refractivity contribution in [3.63, 3.8) is 0 Å². The first-order valence-corrected chi connectivity index (χ1v) is 13.1. The van der Waals surface area contributed by atoms with Gasteiger partial charge in [-0.25, -0.2) is 8.42 Å². The van der Waals surface area contributed by atoms with Crippen LogP contribution in [0.25, 0.3) is 0 Å². The van der Waals surface area contributed by atoms with Crippen LogP contribution in [0.1, 0.15) is 25.8 Å². The van der Waals surface area contributed by atoms with Crippen LogP contribution >= 0.6 is 11.8 Å². The van der Waals surface area contributed by atoms with E-state index < -0.39 is 9.84 Å². The average Bonchev–Trinajstić information content (AvgIpc) is 3.17. The molecule has 8 heteroatoms. The molecule has 164 valence electrons. The third kappa shape index (κ3) is 5.30. The molecule has 2 aliphatic heterocycles. The van der Waals surface area contributed by atoms with Gasteiger partial charge in [-0.3, -0.25) is 4.79 Å². The number of sulfone groups is 1. The van der Waals surface area contributed by atoms with E-state index in [1.165, 1.54) is 11.8 Å². The lowest BCUT2D eigenvalue weighted by Gasteiger charge is -2.24. The molecule has 2 saturated heterocycles. The second-order valence-electron chi connectivity index (χ2n) is 8.32. The predicted octanol–water partition coefficient (Wildman–Crippen LogP) is 3.91. The maximum atomic E-state index is 12.3. The van der Waals surface area contributed by atoms with Gasteiger partial charge in [0.25, 0.3) is 0 Å². The number of ether oxygens (including phenoxy) is 1. The standard InChI is InChI=1S/C23H26N2O4S2/c1-16(2)12-22(26)24-23-25(20-14-31(27,28)15-21(20)30-23)18-8-10-19(11-9-18)29-13-17-6-4-3-5-7-17/h3-11,16,20-21H,12-15H2,1-2H3/t20-,21+/m1/s1. The molecule has 0 aliphatic carbocycles. The molecule has 0 aromatic heterocycles. The van der Waals surface area contributed by atoms with Gasteiger partial charge in [0.1, 0.15) is 12.4 Å². The van der Waals surface area contributed by atoms with Gasteiger partial charge in [0, 0.05) is 17.4 Å². The molecule has 0 bridgehead atoms. The zero-order valence-corrected chi connectivity index (χ0v) is 19.2. The van der Waals surface area contributed by atoms with Crippen LogP contribution in [0.15, 0.2) is 59.6 Å². The number of fused-ring (bicyclic) bond motifs is 1. The number of anilines is 1. The zero-order valence-electron chi connectivity index (χ0n) is 17.6. The molecule has 0 spiro atoms. The average molecular weight is 459 g/mol. The summed E-state index contributed by atoms with van der Waals surface area (Å²) < 4.78 is 30.3. The second kappa shape index (κ2) is 9.04. The van der Waals surface area contributed by atoms with Gasteiger partial charge in [0.2, 0.25) is 5.91 Å². The maximum absolute atomic E-state index is 12.3.